The molecule has 0 spiro atoms. The molecule has 214 valence electrons. The molecule has 2 amide bonds. The number of carboxylic acid groups (broad SMARTS) is 1. The maximum atomic E-state index is 15.6. The Morgan fingerprint density at radius 3 is 2.63 bits per heavy atom. The van der Waals surface area contributed by atoms with Gasteiger partial charge in [-0.3, -0.25) is 24.2 Å². The number of hydrogen-bond donors (Lipinski definition) is 1. The first kappa shape index (κ1) is 27.5. The van der Waals surface area contributed by atoms with Crippen molar-refractivity contribution in [2.45, 2.75) is 51.0 Å². The summed E-state index contributed by atoms with van der Waals surface area (Å²) in [6, 6.07) is 9.08. The molecule has 3 aromatic rings. The van der Waals surface area contributed by atoms with Gasteiger partial charge in [-0.15, -0.1) is 0 Å². The number of aliphatic carboxylic acids is 1. The zero-order valence-corrected chi connectivity index (χ0v) is 23.5. The van der Waals surface area contributed by atoms with E-state index in [9.17, 15) is 19.5 Å². The Bertz CT molecular complexity index is 1500. The summed E-state index contributed by atoms with van der Waals surface area (Å²) in [5, 5.41) is 9.33. The molecule has 0 radical (unpaired) electrons. The van der Waals surface area contributed by atoms with Crippen LogP contribution in [-0.2, 0) is 25.5 Å². The molecule has 2 aromatic heterocycles. The monoisotopic (exact) mass is 578 g/mol. The van der Waals surface area contributed by atoms with Crippen molar-refractivity contribution in [3.63, 3.8) is 0 Å². The number of carboxylic acids is 1. The number of benzene rings is 1. The maximum absolute atomic E-state index is 15.6. The third-order valence-electron chi connectivity index (χ3n) is 8.13. The number of thiazole rings is 1. The van der Waals surface area contributed by atoms with Crippen molar-refractivity contribution >= 4 is 40.1 Å². The zero-order chi connectivity index (χ0) is 28.7. The molecular weight excluding hydrogens is 547 g/mol. The minimum Gasteiger partial charge on any atom is -0.481 e. The Balaban J connectivity index is 1.32. The van der Waals surface area contributed by atoms with Crippen LogP contribution in [0, 0.1) is 17.0 Å². The van der Waals surface area contributed by atoms with Crippen LogP contribution < -0.4 is 9.80 Å². The van der Waals surface area contributed by atoms with E-state index in [0.717, 1.165) is 48.1 Å². The molecule has 6 rings (SSSR count). The largest absolute Gasteiger partial charge is 0.481 e. The van der Waals surface area contributed by atoms with Gasteiger partial charge in [0.1, 0.15) is 11.5 Å². The quantitative estimate of drug-likeness (QED) is 0.383. The fraction of sp³-hybridized carbons (Fsp3) is 0.433. The van der Waals surface area contributed by atoms with Crippen molar-refractivity contribution in [3.8, 4) is 22.4 Å². The summed E-state index contributed by atoms with van der Waals surface area (Å²) in [7, 11) is 1.69. The van der Waals surface area contributed by atoms with Gasteiger partial charge >= 0.3 is 5.97 Å². The van der Waals surface area contributed by atoms with E-state index in [0.29, 0.717) is 36.6 Å². The van der Waals surface area contributed by atoms with Gasteiger partial charge in [-0.2, -0.15) is 4.39 Å². The number of nitrogens with zero attached hydrogens (tertiary/aromatic N) is 4. The topological polar surface area (TPSA) is 113 Å². The van der Waals surface area contributed by atoms with Crippen LogP contribution in [0.25, 0.3) is 22.4 Å². The fourth-order valence-electron chi connectivity index (χ4n) is 5.81. The summed E-state index contributed by atoms with van der Waals surface area (Å²) >= 11 is 0.814. The van der Waals surface area contributed by atoms with Gasteiger partial charge in [-0.05, 0) is 49.7 Å². The Hall–Kier alpha value is -3.70. The van der Waals surface area contributed by atoms with Crippen LogP contribution in [0.2, 0.25) is 0 Å². The Labute approximate surface area is 241 Å². The second kappa shape index (κ2) is 11.3. The average molecular weight is 579 g/mol. The van der Waals surface area contributed by atoms with Crippen LogP contribution in [-0.4, -0.2) is 59.2 Å². The van der Waals surface area contributed by atoms with E-state index in [-0.39, 0.29) is 47.4 Å². The number of fused-ring (bicyclic) bond motifs is 1. The number of ether oxygens (including phenoxy) is 1. The van der Waals surface area contributed by atoms with Gasteiger partial charge in [0.05, 0.1) is 12.8 Å². The lowest BCUT2D eigenvalue weighted by Crippen LogP contribution is -2.40. The van der Waals surface area contributed by atoms with Gasteiger partial charge in [0.25, 0.3) is 0 Å². The normalized spacial score (nSPS) is 17.9. The molecule has 1 saturated carbocycles. The summed E-state index contributed by atoms with van der Waals surface area (Å²) < 4.78 is 21.1. The number of carbonyl (C=O) groups is 3. The molecule has 3 aliphatic rings. The summed E-state index contributed by atoms with van der Waals surface area (Å²) in [4.78, 5) is 50.0. The first-order valence-electron chi connectivity index (χ1n) is 13.9. The average Bonchev–Trinajstić information content (AvgIpc) is 3.66. The first-order chi connectivity index (χ1) is 19.8. The SMILES string of the molecule is CN1C(=O)Cc2cc(-c3ccccc3-c3nc(N(C(=O)C(CC(=O)O)CC4CCOCC4)C4CC4)sc3F)cnc21. The van der Waals surface area contributed by atoms with Crippen LogP contribution in [0.5, 0.6) is 0 Å². The summed E-state index contributed by atoms with van der Waals surface area (Å²) in [6.45, 7) is 1.22. The number of anilines is 2. The van der Waals surface area contributed by atoms with E-state index in [1.807, 2.05) is 18.2 Å². The number of amides is 2. The predicted molar refractivity (Wildman–Crippen MR) is 152 cm³/mol. The number of halogens is 1. The van der Waals surface area contributed by atoms with Crippen LogP contribution in [0.3, 0.4) is 0 Å². The molecule has 0 bridgehead atoms. The molecule has 2 fully saturated rings. The summed E-state index contributed by atoms with van der Waals surface area (Å²) in [6.07, 6.45) is 5.24. The molecule has 1 aliphatic carbocycles. The summed E-state index contributed by atoms with van der Waals surface area (Å²) in [5.74, 6) is -1.24. The van der Waals surface area contributed by atoms with Crippen LogP contribution in [0.1, 0.15) is 44.1 Å². The van der Waals surface area contributed by atoms with Crippen LogP contribution in [0.4, 0.5) is 15.3 Å². The van der Waals surface area contributed by atoms with Crippen LogP contribution in [0.15, 0.2) is 36.5 Å². The van der Waals surface area contributed by atoms with Crippen molar-refractivity contribution in [2.24, 2.45) is 11.8 Å². The second-order valence-corrected chi connectivity index (χ2v) is 12.0. The highest BCUT2D eigenvalue weighted by Crippen LogP contribution is 2.42. The highest BCUT2D eigenvalue weighted by Gasteiger charge is 2.40. The number of likely N-dealkylation sites (N-methyl/N-ethyl adjacent to an activating group) is 1. The van der Waals surface area contributed by atoms with E-state index in [2.05, 4.69) is 9.97 Å². The second-order valence-electron chi connectivity index (χ2n) is 11.0. The van der Waals surface area contributed by atoms with E-state index in [4.69, 9.17) is 4.74 Å². The van der Waals surface area contributed by atoms with Gasteiger partial charge in [0.2, 0.25) is 16.9 Å². The van der Waals surface area contributed by atoms with Crippen molar-refractivity contribution in [1.82, 2.24) is 9.97 Å². The predicted octanol–water partition coefficient (Wildman–Crippen LogP) is 4.93. The van der Waals surface area contributed by atoms with Gasteiger partial charge in [-0.1, -0.05) is 35.6 Å². The first-order valence-corrected chi connectivity index (χ1v) is 14.8. The molecule has 4 heterocycles. The van der Waals surface area contributed by atoms with Crippen molar-refractivity contribution in [2.75, 3.05) is 30.1 Å². The Morgan fingerprint density at radius 1 is 1.20 bits per heavy atom. The molecule has 1 atom stereocenters. The molecule has 9 nitrogen and oxygen atoms in total. The Morgan fingerprint density at radius 2 is 1.93 bits per heavy atom. The van der Waals surface area contributed by atoms with Crippen molar-refractivity contribution in [1.29, 1.82) is 0 Å². The molecule has 1 N–H and O–H groups in total. The van der Waals surface area contributed by atoms with Crippen LogP contribution >= 0.6 is 11.3 Å². The fourth-order valence-corrected chi connectivity index (χ4v) is 6.70. The van der Waals surface area contributed by atoms with E-state index >= 15 is 4.39 Å². The molecular formula is C30H31FN4O5S. The number of carbonyl (C=O) groups excluding carboxylic acids is 2. The smallest absolute Gasteiger partial charge is 0.304 e. The molecule has 1 aromatic carbocycles. The van der Waals surface area contributed by atoms with Gasteiger partial charge in [0, 0.05) is 55.1 Å². The minimum absolute atomic E-state index is 0.0315. The summed E-state index contributed by atoms with van der Waals surface area (Å²) in [5.41, 5.74) is 2.95. The highest BCUT2D eigenvalue weighted by molar-refractivity contribution is 7.14. The lowest BCUT2D eigenvalue weighted by atomic mass is 9.86. The molecule has 1 saturated heterocycles. The number of aromatic nitrogens is 2. The lowest BCUT2D eigenvalue weighted by Gasteiger charge is -2.29. The minimum atomic E-state index is -1.03. The molecule has 2 aliphatic heterocycles. The van der Waals surface area contributed by atoms with Crippen molar-refractivity contribution in [3.05, 3.63) is 47.2 Å². The maximum Gasteiger partial charge on any atom is 0.304 e. The highest BCUT2D eigenvalue weighted by atomic mass is 32.1. The number of rotatable bonds is 9. The zero-order valence-electron chi connectivity index (χ0n) is 22.7. The number of pyridine rings is 1. The van der Waals surface area contributed by atoms with Gasteiger partial charge in [-0.25, -0.2) is 9.97 Å². The third kappa shape index (κ3) is 5.60. The third-order valence-corrected chi connectivity index (χ3v) is 8.97. The van der Waals surface area contributed by atoms with E-state index in [1.165, 1.54) is 4.90 Å². The van der Waals surface area contributed by atoms with E-state index < -0.39 is 17.0 Å². The molecule has 11 heteroatoms. The molecule has 41 heavy (non-hydrogen) atoms. The lowest BCUT2D eigenvalue weighted by molar-refractivity contribution is -0.141. The molecule has 1 unspecified atom stereocenters. The Kier molecular flexibility index (Phi) is 7.56. The number of hydrogen-bond acceptors (Lipinski definition) is 7. The van der Waals surface area contributed by atoms with Gasteiger partial charge < -0.3 is 9.84 Å². The van der Waals surface area contributed by atoms with Gasteiger partial charge in [0.15, 0.2) is 5.13 Å². The van der Waals surface area contributed by atoms with Crippen molar-refractivity contribution < 1.29 is 28.6 Å². The van der Waals surface area contributed by atoms with E-state index in [1.54, 1.807) is 30.3 Å². The standard InChI is InChI=1S/C30H31FN4O5S/c1-34-24(36)14-18-13-20(16-32-28(18)34)22-4-2-3-5-23(22)26-27(31)41-30(33-26)35(21-6-7-21)29(39)19(15-25(37)38)12-17-8-10-40-11-9-17/h2-5,13,16-17,19,21H,6-12,14-15H2,1H3,(H,37,38).